The van der Waals surface area contributed by atoms with E-state index in [-0.39, 0.29) is 5.92 Å². The summed E-state index contributed by atoms with van der Waals surface area (Å²) < 4.78 is 0. The minimum atomic E-state index is -1.04. The van der Waals surface area contributed by atoms with Gasteiger partial charge in [0.2, 0.25) is 0 Å². The topological polar surface area (TPSA) is 90.5 Å². The van der Waals surface area contributed by atoms with Gasteiger partial charge in [-0.3, -0.25) is 10.9 Å². The lowest BCUT2D eigenvalue weighted by Gasteiger charge is -2.17. The molecule has 1 aromatic carbocycles. The minimum Gasteiger partial charge on any atom is -0.480 e. The van der Waals surface area contributed by atoms with E-state index in [1.807, 2.05) is 32.0 Å². The number of benzene rings is 1. The fourth-order valence-electron chi connectivity index (χ4n) is 1.54. The van der Waals surface area contributed by atoms with Crippen molar-refractivity contribution in [3.05, 3.63) is 30.3 Å². The molecule has 0 radical (unpaired) electrons. The highest BCUT2D eigenvalue weighted by molar-refractivity contribution is 5.83. The number of aliphatic carboxylic acids is 1. The molecule has 4 N–H and O–H groups in total. The number of anilines is 1. The van der Waals surface area contributed by atoms with Crippen molar-refractivity contribution in [1.29, 1.82) is 0 Å². The van der Waals surface area contributed by atoms with Crippen molar-refractivity contribution in [3.63, 3.8) is 0 Å². The maximum atomic E-state index is 11.6. The molecule has 0 aromatic heterocycles. The van der Waals surface area contributed by atoms with Crippen LogP contribution < -0.4 is 16.2 Å². The van der Waals surface area contributed by atoms with Gasteiger partial charge in [-0.25, -0.2) is 9.59 Å². The van der Waals surface area contributed by atoms with Crippen LogP contribution in [0.25, 0.3) is 0 Å². The van der Waals surface area contributed by atoms with Gasteiger partial charge in [-0.2, -0.15) is 0 Å². The highest BCUT2D eigenvalue weighted by atomic mass is 16.4. The lowest BCUT2D eigenvalue weighted by Crippen LogP contribution is -2.48. The van der Waals surface area contributed by atoms with Crippen LogP contribution in [-0.2, 0) is 4.79 Å². The van der Waals surface area contributed by atoms with E-state index in [4.69, 9.17) is 5.11 Å². The zero-order valence-electron chi connectivity index (χ0n) is 11.0. The largest absolute Gasteiger partial charge is 0.480 e. The molecule has 0 aliphatic rings. The van der Waals surface area contributed by atoms with Crippen molar-refractivity contribution in [2.24, 2.45) is 5.92 Å². The van der Waals surface area contributed by atoms with Crippen LogP contribution in [0.2, 0.25) is 0 Å². The van der Waals surface area contributed by atoms with E-state index in [1.54, 1.807) is 12.1 Å². The van der Waals surface area contributed by atoms with Crippen molar-refractivity contribution in [1.82, 2.24) is 10.7 Å². The number of hydrogen-bond acceptors (Lipinski definition) is 3. The molecule has 0 fully saturated rings. The van der Waals surface area contributed by atoms with Crippen LogP contribution in [0.3, 0.4) is 0 Å². The average molecular weight is 265 g/mol. The Morgan fingerprint density at radius 2 is 1.84 bits per heavy atom. The highest BCUT2D eigenvalue weighted by Crippen LogP contribution is 2.05. The molecule has 104 valence electrons. The molecule has 1 rings (SSSR count). The Bertz CT molecular complexity index is 420. The molecule has 19 heavy (non-hydrogen) atoms. The second kappa shape index (κ2) is 7.25. The summed E-state index contributed by atoms with van der Waals surface area (Å²) in [5, 5.41) is 11.4. The number of hydrazine groups is 1. The van der Waals surface area contributed by atoms with E-state index in [0.29, 0.717) is 12.1 Å². The molecule has 0 unspecified atom stereocenters. The van der Waals surface area contributed by atoms with Gasteiger partial charge in [0, 0.05) is 0 Å². The van der Waals surface area contributed by atoms with Crippen LogP contribution in [0.4, 0.5) is 10.5 Å². The number of urea groups is 1. The maximum absolute atomic E-state index is 11.6. The molecule has 0 aliphatic heterocycles. The highest BCUT2D eigenvalue weighted by Gasteiger charge is 2.20. The Hall–Kier alpha value is -2.24. The molecule has 0 saturated carbocycles. The average Bonchev–Trinajstić information content (AvgIpc) is 2.36. The molecule has 0 spiro atoms. The fourth-order valence-corrected chi connectivity index (χ4v) is 1.54. The molecule has 6 heteroatoms. The Labute approximate surface area is 112 Å². The SMILES string of the molecule is CC(C)C[C@@H](NC(=O)NNc1ccccc1)C(=O)O. The van der Waals surface area contributed by atoms with Gasteiger partial charge in [0.1, 0.15) is 6.04 Å². The van der Waals surface area contributed by atoms with Crippen molar-refractivity contribution >= 4 is 17.7 Å². The first-order chi connectivity index (χ1) is 8.99. The number of nitrogens with one attached hydrogen (secondary N) is 3. The van der Waals surface area contributed by atoms with E-state index in [2.05, 4.69) is 16.2 Å². The van der Waals surface area contributed by atoms with E-state index in [0.717, 1.165) is 0 Å². The van der Waals surface area contributed by atoms with Crippen molar-refractivity contribution in [3.8, 4) is 0 Å². The number of carbonyl (C=O) groups is 2. The monoisotopic (exact) mass is 265 g/mol. The Morgan fingerprint density at radius 3 is 2.37 bits per heavy atom. The number of carbonyl (C=O) groups excluding carboxylic acids is 1. The molecule has 0 saturated heterocycles. The number of rotatable bonds is 6. The third kappa shape index (κ3) is 5.76. The standard InChI is InChI=1S/C13H19N3O3/c1-9(2)8-11(12(17)18)14-13(19)16-15-10-6-4-3-5-7-10/h3-7,9,11,15H,8H2,1-2H3,(H,17,18)(H2,14,16,19)/t11-/m1/s1. The molecule has 1 atom stereocenters. The molecule has 2 amide bonds. The first-order valence-electron chi connectivity index (χ1n) is 6.09. The Balaban J connectivity index is 2.42. The number of para-hydroxylation sites is 1. The van der Waals surface area contributed by atoms with E-state index in [1.165, 1.54) is 0 Å². The van der Waals surface area contributed by atoms with Crippen LogP contribution in [0.15, 0.2) is 30.3 Å². The van der Waals surface area contributed by atoms with Gasteiger partial charge in [-0.05, 0) is 24.5 Å². The van der Waals surface area contributed by atoms with Gasteiger partial charge in [0.15, 0.2) is 0 Å². The zero-order valence-corrected chi connectivity index (χ0v) is 11.0. The number of carboxylic acids is 1. The van der Waals surface area contributed by atoms with Crippen LogP contribution in [-0.4, -0.2) is 23.1 Å². The van der Waals surface area contributed by atoms with Gasteiger partial charge < -0.3 is 10.4 Å². The van der Waals surface area contributed by atoms with Crippen LogP contribution in [0.5, 0.6) is 0 Å². The van der Waals surface area contributed by atoms with Gasteiger partial charge >= 0.3 is 12.0 Å². The zero-order chi connectivity index (χ0) is 14.3. The summed E-state index contributed by atoms with van der Waals surface area (Å²) in [6.45, 7) is 3.80. The Kier molecular flexibility index (Phi) is 5.66. The predicted molar refractivity (Wildman–Crippen MR) is 72.6 cm³/mol. The molecule has 0 heterocycles. The first-order valence-corrected chi connectivity index (χ1v) is 6.09. The second-order valence-electron chi connectivity index (χ2n) is 4.61. The van der Waals surface area contributed by atoms with Gasteiger partial charge in [-0.1, -0.05) is 32.0 Å². The molecular weight excluding hydrogens is 246 g/mol. The lowest BCUT2D eigenvalue weighted by molar-refractivity contribution is -0.139. The molecular formula is C13H19N3O3. The van der Waals surface area contributed by atoms with E-state index >= 15 is 0 Å². The third-order valence-corrected chi connectivity index (χ3v) is 2.40. The predicted octanol–water partition coefficient (Wildman–Crippen LogP) is 1.81. The second-order valence-corrected chi connectivity index (χ2v) is 4.61. The molecule has 0 aliphatic carbocycles. The van der Waals surface area contributed by atoms with E-state index < -0.39 is 18.0 Å². The van der Waals surface area contributed by atoms with Crippen LogP contribution in [0, 0.1) is 5.92 Å². The quantitative estimate of drug-likeness (QED) is 0.590. The van der Waals surface area contributed by atoms with Crippen molar-refractivity contribution < 1.29 is 14.7 Å². The van der Waals surface area contributed by atoms with Crippen molar-refractivity contribution in [2.45, 2.75) is 26.3 Å². The minimum absolute atomic E-state index is 0.184. The smallest absolute Gasteiger partial charge is 0.334 e. The normalized spacial score (nSPS) is 11.7. The summed E-state index contributed by atoms with van der Waals surface area (Å²) in [4.78, 5) is 22.5. The van der Waals surface area contributed by atoms with E-state index in [9.17, 15) is 9.59 Å². The molecule has 0 bridgehead atoms. The summed E-state index contributed by atoms with van der Waals surface area (Å²) in [6, 6.07) is 7.59. The molecule has 6 nitrogen and oxygen atoms in total. The number of amides is 2. The number of hydrogen-bond donors (Lipinski definition) is 4. The van der Waals surface area contributed by atoms with Gasteiger partial charge in [0.05, 0.1) is 5.69 Å². The summed E-state index contributed by atoms with van der Waals surface area (Å²) in [5.41, 5.74) is 5.80. The van der Waals surface area contributed by atoms with Crippen LogP contribution in [0.1, 0.15) is 20.3 Å². The fraction of sp³-hybridized carbons (Fsp3) is 0.385. The maximum Gasteiger partial charge on any atom is 0.334 e. The summed E-state index contributed by atoms with van der Waals surface area (Å²) in [6.07, 6.45) is 0.383. The van der Waals surface area contributed by atoms with Crippen molar-refractivity contribution in [2.75, 3.05) is 5.43 Å². The molecule has 1 aromatic rings. The number of carboxylic acid groups (broad SMARTS) is 1. The van der Waals surface area contributed by atoms with Gasteiger partial charge in [0.25, 0.3) is 0 Å². The summed E-state index contributed by atoms with van der Waals surface area (Å²) in [7, 11) is 0. The first kappa shape index (κ1) is 14.8. The van der Waals surface area contributed by atoms with Gasteiger partial charge in [-0.15, -0.1) is 0 Å². The summed E-state index contributed by atoms with van der Waals surface area (Å²) in [5.74, 6) is -0.855. The third-order valence-electron chi connectivity index (χ3n) is 2.40. The van der Waals surface area contributed by atoms with Crippen LogP contribution >= 0.6 is 0 Å². The lowest BCUT2D eigenvalue weighted by atomic mass is 10.0. The summed E-state index contributed by atoms with van der Waals surface area (Å²) >= 11 is 0. The Morgan fingerprint density at radius 1 is 1.21 bits per heavy atom.